The summed E-state index contributed by atoms with van der Waals surface area (Å²) in [6, 6.07) is 2.81. The average Bonchev–Trinajstić information content (AvgIpc) is 2.34. The normalized spacial score (nSPS) is 17.8. The Balaban J connectivity index is 2.40. The highest BCUT2D eigenvalue weighted by Crippen LogP contribution is 2.38. The number of hydrogen-bond donors (Lipinski definition) is 2. The van der Waals surface area contributed by atoms with Crippen LogP contribution < -0.4 is 4.72 Å². The van der Waals surface area contributed by atoms with Crippen molar-refractivity contribution in [3.8, 4) is 0 Å². The number of halogens is 2. The number of rotatable bonds is 5. The number of hydrogen-bond acceptors (Lipinski definition) is 3. The average molecular weight is 338 g/mol. The van der Waals surface area contributed by atoms with E-state index in [4.69, 9.17) is 23.2 Å². The lowest BCUT2D eigenvalue weighted by Gasteiger charge is -2.41. The minimum absolute atomic E-state index is 0.0157. The standard InChI is InChI=1S/C13H17Cl2NO3S/c1-2-13(6-3-7-13)16-20(18,19)11-5-4-10(14)9(8-17)12(11)15/h4-5,16-17H,2-3,6-8H2,1H3. The predicted molar refractivity (Wildman–Crippen MR) is 79.6 cm³/mol. The molecule has 112 valence electrons. The van der Waals surface area contributed by atoms with Gasteiger partial charge in [-0.1, -0.05) is 30.1 Å². The number of aliphatic hydroxyl groups is 1. The lowest BCUT2D eigenvalue weighted by atomic mass is 9.76. The van der Waals surface area contributed by atoms with Crippen molar-refractivity contribution in [3.05, 3.63) is 27.7 Å². The predicted octanol–water partition coefficient (Wildman–Crippen LogP) is 3.10. The van der Waals surface area contributed by atoms with Gasteiger partial charge in [-0.2, -0.15) is 0 Å². The van der Waals surface area contributed by atoms with Gasteiger partial charge in [-0.15, -0.1) is 0 Å². The highest BCUT2D eigenvalue weighted by molar-refractivity contribution is 7.89. The monoisotopic (exact) mass is 337 g/mol. The summed E-state index contributed by atoms with van der Waals surface area (Å²) in [5.74, 6) is 0. The highest BCUT2D eigenvalue weighted by Gasteiger charge is 2.39. The van der Waals surface area contributed by atoms with Gasteiger partial charge in [0.15, 0.2) is 0 Å². The minimum Gasteiger partial charge on any atom is -0.392 e. The van der Waals surface area contributed by atoms with Crippen molar-refractivity contribution in [2.75, 3.05) is 0 Å². The minimum atomic E-state index is -3.72. The van der Waals surface area contributed by atoms with E-state index < -0.39 is 16.6 Å². The van der Waals surface area contributed by atoms with Crippen LogP contribution in [0.1, 0.15) is 38.2 Å². The van der Waals surface area contributed by atoms with Crippen molar-refractivity contribution in [1.29, 1.82) is 0 Å². The van der Waals surface area contributed by atoms with E-state index in [9.17, 15) is 13.5 Å². The first-order valence-electron chi connectivity index (χ1n) is 6.47. The van der Waals surface area contributed by atoms with Crippen LogP contribution in [-0.2, 0) is 16.6 Å². The molecule has 0 amide bonds. The van der Waals surface area contributed by atoms with Crippen molar-refractivity contribution < 1.29 is 13.5 Å². The van der Waals surface area contributed by atoms with Crippen molar-refractivity contribution in [3.63, 3.8) is 0 Å². The first-order chi connectivity index (χ1) is 9.35. The molecule has 1 saturated carbocycles. The molecular formula is C13H17Cl2NO3S. The van der Waals surface area contributed by atoms with Crippen LogP contribution in [0.2, 0.25) is 10.0 Å². The van der Waals surface area contributed by atoms with E-state index >= 15 is 0 Å². The van der Waals surface area contributed by atoms with Gasteiger partial charge in [0, 0.05) is 16.1 Å². The number of aliphatic hydroxyl groups excluding tert-OH is 1. The molecule has 0 spiro atoms. The fraction of sp³-hybridized carbons (Fsp3) is 0.538. The number of sulfonamides is 1. The maximum Gasteiger partial charge on any atom is 0.242 e. The zero-order chi connectivity index (χ0) is 15.0. The van der Waals surface area contributed by atoms with E-state index in [1.165, 1.54) is 12.1 Å². The van der Waals surface area contributed by atoms with E-state index in [0.29, 0.717) is 0 Å². The molecule has 1 aromatic rings. The molecule has 1 aliphatic rings. The second-order valence-electron chi connectivity index (χ2n) is 5.09. The molecule has 0 unspecified atom stereocenters. The first kappa shape index (κ1) is 16.0. The Morgan fingerprint density at radius 3 is 2.45 bits per heavy atom. The SMILES string of the molecule is CCC1(NS(=O)(=O)c2ccc(Cl)c(CO)c2Cl)CCC1. The summed E-state index contributed by atoms with van der Waals surface area (Å²) >= 11 is 12.0. The van der Waals surface area contributed by atoms with E-state index in [1.54, 1.807) is 0 Å². The van der Waals surface area contributed by atoms with Gasteiger partial charge in [-0.3, -0.25) is 0 Å². The van der Waals surface area contributed by atoms with Crippen LogP contribution in [0.15, 0.2) is 17.0 Å². The van der Waals surface area contributed by atoms with Gasteiger partial charge in [0.1, 0.15) is 4.90 Å². The van der Waals surface area contributed by atoms with Crippen LogP contribution in [0.3, 0.4) is 0 Å². The molecule has 4 nitrogen and oxygen atoms in total. The zero-order valence-corrected chi connectivity index (χ0v) is 13.4. The molecule has 0 bridgehead atoms. The molecule has 2 N–H and O–H groups in total. The van der Waals surface area contributed by atoms with Gasteiger partial charge >= 0.3 is 0 Å². The third-order valence-electron chi connectivity index (χ3n) is 3.94. The Morgan fingerprint density at radius 2 is 2.00 bits per heavy atom. The molecule has 1 aromatic carbocycles. The topological polar surface area (TPSA) is 66.4 Å². The van der Waals surface area contributed by atoms with Crippen LogP contribution in [0.25, 0.3) is 0 Å². The quantitative estimate of drug-likeness (QED) is 0.867. The van der Waals surface area contributed by atoms with Crippen LogP contribution in [0.4, 0.5) is 0 Å². The summed E-state index contributed by atoms with van der Waals surface area (Å²) in [6.45, 7) is 1.56. The summed E-state index contributed by atoms with van der Waals surface area (Å²) in [5.41, 5.74) is -0.128. The molecular weight excluding hydrogens is 321 g/mol. The van der Waals surface area contributed by atoms with Gasteiger partial charge in [0.2, 0.25) is 10.0 Å². The van der Waals surface area contributed by atoms with Gasteiger partial charge in [0.25, 0.3) is 0 Å². The molecule has 7 heteroatoms. The van der Waals surface area contributed by atoms with E-state index in [1.807, 2.05) is 6.92 Å². The van der Waals surface area contributed by atoms with Crippen molar-refractivity contribution in [2.45, 2.75) is 49.6 Å². The zero-order valence-electron chi connectivity index (χ0n) is 11.1. The summed E-state index contributed by atoms with van der Waals surface area (Å²) in [4.78, 5) is -0.0349. The lowest BCUT2D eigenvalue weighted by molar-refractivity contribution is 0.214. The van der Waals surface area contributed by atoms with Crippen molar-refractivity contribution in [2.24, 2.45) is 0 Å². The summed E-state index contributed by atoms with van der Waals surface area (Å²) in [6.07, 6.45) is 3.43. The summed E-state index contributed by atoms with van der Waals surface area (Å²) < 4.78 is 27.7. The summed E-state index contributed by atoms with van der Waals surface area (Å²) in [5, 5.41) is 9.48. The van der Waals surface area contributed by atoms with E-state index in [2.05, 4.69) is 4.72 Å². The summed E-state index contributed by atoms with van der Waals surface area (Å²) in [7, 11) is -3.72. The Hall–Kier alpha value is -0.330. The van der Waals surface area contributed by atoms with E-state index in [0.717, 1.165) is 25.7 Å². The van der Waals surface area contributed by atoms with Gasteiger partial charge < -0.3 is 5.11 Å². The fourth-order valence-electron chi connectivity index (χ4n) is 2.40. The van der Waals surface area contributed by atoms with E-state index in [-0.39, 0.29) is 26.0 Å². The molecule has 0 heterocycles. The third-order valence-corrected chi connectivity index (χ3v) is 6.46. The molecule has 0 aromatic heterocycles. The lowest BCUT2D eigenvalue weighted by Crippen LogP contribution is -2.52. The Bertz CT molecular complexity index is 607. The molecule has 0 aliphatic heterocycles. The molecule has 0 radical (unpaired) electrons. The Kier molecular flexibility index (Phi) is 4.66. The van der Waals surface area contributed by atoms with Gasteiger partial charge in [-0.05, 0) is 37.8 Å². The Labute approximate surface area is 129 Å². The number of benzene rings is 1. The smallest absolute Gasteiger partial charge is 0.242 e. The van der Waals surface area contributed by atoms with Crippen molar-refractivity contribution >= 4 is 33.2 Å². The first-order valence-corrected chi connectivity index (χ1v) is 8.71. The molecule has 20 heavy (non-hydrogen) atoms. The van der Waals surface area contributed by atoms with Crippen LogP contribution in [-0.4, -0.2) is 19.1 Å². The fourth-order valence-corrected chi connectivity index (χ4v) is 4.83. The van der Waals surface area contributed by atoms with Crippen LogP contribution in [0, 0.1) is 0 Å². The van der Waals surface area contributed by atoms with Crippen LogP contribution >= 0.6 is 23.2 Å². The molecule has 1 aliphatic carbocycles. The highest BCUT2D eigenvalue weighted by atomic mass is 35.5. The Morgan fingerprint density at radius 1 is 1.35 bits per heavy atom. The number of nitrogens with one attached hydrogen (secondary N) is 1. The molecule has 1 fully saturated rings. The van der Waals surface area contributed by atoms with Gasteiger partial charge in [-0.25, -0.2) is 13.1 Å². The third kappa shape index (κ3) is 2.83. The molecule has 0 saturated heterocycles. The molecule has 2 rings (SSSR count). The maximum absolute atomic E-state index is 12.5. The molecule has 0 atom stereocenters. The maximum atomic E-state index is 12.5. The largest absolute Gasteiger partial charge is 0.392 e. The van der Waals surface area contributed by atoms with Gasteiger partial charge in [0.05, 0.1) is 11.6 Å². The van der Waals surface area contributed by atoms with Crippen molar-refractivity contribution in [1.82, 2.24) is 4.72 Å². The van der Waals surface area contributed by atoms with Crippen LogP contribution in [0.5, 0.6) is 0 Å². The second kappa shape index (κ2) is 5.81. The second-order valence-corrected chi connectivity index (χ2v) is 7.53.